The molecular weight excluding hydrogens is 342 g/mol. The van der Waals surface area contributed by atoms with Crippen LogP contribution in [0, 0.1) is 0 Å². The number of hydrogen-bond acceptors (Lipinski definition) is 5. The van der Waals surface area contributed by atoms with Gasteiger partial charge in [0.1, 0.15) is 11.4 Å². The number of benzene rings is 1. The van der Waals surface area contributed by atoms with Gasteiger partial charge in [-0.25, -0.2) is 8.42 Å². The fourth-order valence-electron chi connectivity index (χ4n) is 3.21. The van der Waals surface area contributed by atoms with Gasteiger partial charge in [-0.1, -0.05) is 0 Å². The second-order valence-corrected chi connectivity index (χ2v) is 9.24. The third-order valence-electron chi connectivity index (χ3n) is 4.63. The maximum absolute atomic E-state index is 12.9. The van der Waals surface area contributed by atoms with Crippen molar-refractivity contribution in [1.82, 2.24) is 9.21 Å². The van der Waals surface area contributed by atoms with Gasteiger partial charge in [0, 0.05) is 33.1 Å². The molecule has 2 aliphatic rings. The largest absolute Gasteiger partial charge is 0.484 e. The Morgan fingerprint density at radius 3 is 2.40 bits per heavy atom. The third kappa shape index (κ3) is 3.51. The summed E-state index contributed by atoms with van der Waals surface area (Å²) in [5, 5.41) is 0. The summed E-state index contributed by atoms with van der Waals surface area (Å²) in [7, 11) is -1.60. The lowest BCUT2D eigenvalue weighted by Crippen LogP contribution is -2.49. The first kappa shape index (κ1) is 18.2. The zero-order valence-corrected chi connectivity index (χ0v) is 16.0. The van der Waals surface area contributed by atoms with Crippen molar-refractivity contribution in [2.24, 2.45) is 0 Å². The molecule has 0 radical (unpaired) electrons. The number of nitrogens with zero attached hydrogens (tertiary/aromatic N) is 3. The van der Waals surface area contributed by atoms with Gasteiger partial charge in [-0.2, -0.15) is 4.31 Å². The first-order chi connectivity index (χ1) is 11.6. The first-order valence-corrected chi connectivity index (χ1v) is 9.84. The van der Waals surface area contributed by atoms with Crippen LogP contribution in [0.4, 0.5) is 5.69 Å². The van der Waals surface area contributed by atoms with Gasteiger partial charge in [0.15, 0.2) is 0 Å². The summed E-state index contributed by atoms with van der Waals surface area (Å²) in [5.41, 5.74) is -0.00158. The highest BCUT2D eigenvalue weighted by Gasteiger charge is 2.35. The molecule has 2 heterocycles. The second-order valence-electron chi connectivity index (χ2n) is 7.30. The standard InChI is InChI=1S/C17H25N3O4S/c1-13(21)20-12-17(2,3)24-16-6-5-14(11-15(16)20)25(22,23)19-9-7-18(4)8-10-19/h5-6,11H,7-10,12H2,1-4H3. The highest BCUT2D eigenvalue weighted by Crippen LogP contribution is 2.39. The fraction of sp³-hybridized carbons (Fsp3) is 0.588. The molecule has 0 bridgehead atoms. The predicted octanol–water partition coefficient (Wildman–Crippen LogP) is 1.15. The Hall–Kier alpha value is -1.64. The van der Waals surface area contributed by atoms with Crippen LogP contribution in [-0.4, -0.2) is 68.9 Å². The maximum Gasteiger partial charge on any atom is 0.243 e. The van der Waals surface area contributed by atoms with Crippen LogP contribution < -0.4 is 9.64 Å². The van der Waals surface area contributed by atoms with E-state index in [4.69, 9.17) is 4.74 Å². The molecule has 1 saturated heterocycles. The summed E-state index contributed by atoms with van der Waals surface area (Å²) in [6.45, 7) is 8.02. The van der Waals surface area contributed by atoms with Crippen molar-refractivity contribution in [3.63, 3.8) is 0 Å². The Bertz CT molecular complexity index is 783. The molecule has 1 amide bonds. The van der Waals surface area contributed by atoms with E-state index in [2.05, 4.69) is 4.90 Å². The van der Waals surface area contributed by atoms with E-state index in [0.29, 0.717) is 44.2 Å². The van der Waals surface area contributed by atoms with Crippen molar-refractivity contribution in [3.8, 4) is 5.75 Å². The second kappa shape index (κ2) is 6.26. The molecule has 0 saturated carbocycles. The SMILES string of the molecule is CC(=O)N1CC(C)(C)Oc2ccc(S(=O)(=O)N3CCN(C)CC3)cc21. The van der Waals surface area contributed by atoms with Gasteiger partial charge in [-0.05, 0) is 39.1 Å². The molecule has 25 heavy (non-hydrogen) atoms. The molecular formula is C17H25N3O4S. The van der Waals surface area contributed by atoms with Crippen LogP contribution >= 0.6 is 0 Å². The van der Waals surface area contributed by atoms with E-state index in [1.54, 1.807) is 23.1 Å². The number of carbonyl (C=O) groups is 1. The summed E-state index contributed by atoms with van der Waals surface area (Å²) in [6.07, 6.45) is 0. The van der Waals surface area contributed by atoms with Crippen molar-refractivity contribution < 1.29 is 17.9 Å². The molecule has 0 atom stereocenters. The summed E-state index contributed by atoms with van der Waals surface area (Å²) in [5.74, 6) is 0.399. The average Bonchev–Trinajstić information content (AvgIpc) is 2.53. The maximum atomic E-state index is 12.9. The van der Waals surface area contributed by atoms with Crippen LogP contribution in [0.5, 0.6) is 5.75 Å². The van der Waals surface area contributed by atoms with E-state index in [1.807, 2.05) is 20.9 Å². The van der Waals surface area contributed by atoms with Crippen LogP contribution in [0.3, 0.4) is 0 Å². The quantitative estimate of drug-likeness (QED) is 0.784. The minimum absolute atomic E-state index is 0.133. The number of fused-ring (bicyclic) bond motifs is 1. The van der Waals surface area contributed by atoms with E-state index in [9.17, 15) is 13.2 Å². The van der Waals surface area contributed by atoms with Crippen LogP contribution in [0.2, 0.25) is 0 Å². The lowest BCUT2D eigenvalue weighted by atomic mass is 10.1. The summed E-state index contributed by atoms with van der Waals surface area (Å²) < 4.78 is 33.3. The van der Waals surface area contributed by atoms with Gasteiger partial charge in [0.25, 0.3) is 0 Å². The lowest BCUT2D eigenvalue weighted by molar-refractivity contribution is -0.117. The number of anilines is 1. The van der Waals surface area contributed by atoms with Crippen molar-refractivity contribution in [3.05, 3.63) is 18.2 Å². The smallest absolute Gasteiger partial charge is 0.243 e. The number of likely N-dealkylation sites (N-methyl/N-ethyl adjacent to an activating group) is 1. The lowest BCUT2D eigenvalue weighted by Gasteiger charge is -2.39. The zero-order chi connectivity index (χ0) is 18.4. The number of sulfonamides is 1. The van der Waals surface area contributed by atoms with Gasteiger partial charge >= 0.3 is 0 Å². The van der Waals surface area contributed by atoms with E-state index in [-0.39, 0.29) is 10.8 Å². The summed E-state index contributed by atoms with van der Waals surface area (Å²) in [6, 6.07) is 4.76. The Morgan fingerprint density at radius 1 is 1.16 bits per heavy atom. The van der Waals surface area contributed by atoms with Crippen molar-refractivity contribution >= 4 is 21.6 Å². The van der Waals surface area contributed by atoms with Crippen LogP contribution in [0.25, 0.3) is 0 Å². The van der Waals surface area contributed by atoms with Crippen LogP contribution in [0.1, 0.15) is 20.8 Å². The highest BCUT2D eigenvalue weighted by molar-refractivity contribution is 7.89. The van der Waals surface area contributed by atoms with Crippen molar-refractivity contribution in [2.45, 2.75) is 31.3 Å². The fourth-order valence-corrected chi connectivity index (χ4v) is 4.65. The topological polar surface area (TPSA) is 70.2 Å². The Kier molecular flexibility index (Phi) is 4.55. The van der Waals surface area contributed by atoms with E-state index in [0.717, 1.165) is 0 Å². The Morgan fingerprint density at radius 2 is 1.80 bits per heavy atom. The van der Waals surface area contributed by atoms with E-state index >= 15 is 0 Å². The Labute approximate surface area is 149 Å². The number of hydrogen-bond donors (Lipinski definition) is 0. The number of ether oxygens (including phenoxy) is 1. The molecule has 8 heteroatoms. The minimum atomic E-state index is -3.58. The molecule has 0 unspecified atom stereocenters. The van der Waals surface area contributed by atoms with Crippen molar-refractivity contribution in [2.75, 3.05) is 44.7 Å². The molecule has 1 aromatic carbocycles. The molecule has 7 nitrogen and oxygen atoms in total. The van der Waals surface area contributed by atoms with Crippen LogP contribution in [-0.2, 0) is 14.8 Å². The summed E-state index contributed by atoms with van der Waals surface area (Å²) in [4.78, 5) is 15.9. The highest BCUT2D eigenvalue weighted by atomic mass is 32.2. The number of amides is 1. The molecule has 2 aliphatic heterocycles. The van der Waals surface area contributed by atoms with E-state index < -0.39 is 15.6 Å². The van der Waals surface area contributed by atoms with Gasteiger partial charge in [-0.3, -0.25) is 4.79 Å². The van der Waals surface area contributed by atoms with Crippen molar-refractivity contribution in [1.29, 1.82) is 0 Å². The van der Waals surface area contributed by atoms with Gasteiger partial charge < -0.3 is 14.5 Å². The molecule has 0 aromatic heterocycles. The van der Waals surface area contributed by atoms with Gasteiger partial charge in [-0.15, -0.1) is 0 Å². The first-order valence-electron chi connectivity index (χ1n) is 8.40. The molecule has 0 N–H and O–H groups in total. The Balaban J connectivity index is 1.98. The predicted molar refractivity (Wildman–Crippen MR) is 95.4 cm³/mol. The zero-order valence-electron chi connectivity index (χ0n) is 15.2. The minimum Gasteiger partial charge on any atom is -0.484 e. The number of carbonyl (C=O) groups excluding carboxylic acids is 1. The summed E-state index contributed by atoms with van der Waals surface area (Å²) >= 11 is 0. The third-order valence-corrected chi connectivity index (χ3v) is 6.52. The van der Waals surface area contributed by atoms with Gasteiger partial charge in [0.2, 0.25) is 15.9 Å². The molecule has 138 valence electrons. The van der Waals surface area contributed by atoms with Gasteiger partial charge in [0.05, 0.1) is 17.1 Å². The van der Waals surface area contributed by atoms with E-state index in [1.165, 1.54) is 11.2 Å². The molecule has 1 aromatic rings. The molecule has 0 aliphatic carbocycles. The molecule has 0 spiro atoms. The average molecular weight is 367 g/mol. The normalized spacial score (nSPS) is 21.5. The number of rotatable bonds is 2. The monoisotopic (exact) mass is 367 g/mol. The number of piperazine rings is 1. The molecule has 3 rings (SSSR count). The molecule has 1 fully saturated rings. The van der Waals surface area contributed by atoms with Crippen LogP contribution in [0.15, 0.2) is 23.1 Å².